The van der Waals surface area contributed by atoms with Crippen LogP contribution in [0.1, 0.15) is 22.3 Å². The van der Waals surface area contributed by atoms with E-state index in [1.165, 1.54) is 4.90 Å². The Labute approximate surface area is 146 Å². The zero-order chi connectivity index (χ0) is 16.8. The lowest BCUT2D eigenvalue weighted by atomic mass is 9.88. The number of ketones is 1. The second kappa shape index (κ2) is 5.74. The van der Waals surface area contributed by atoms with E-state index in [-0.39, 0.29) is 12.2 Å². The van der Waals surface area contributed by atoms with Gasteiger partial charge in [0.05, 0.1) is 12.1 Å². The summed E-state index contributed by atoms with van der Waals surface area (Å²) in [7, 11) is 1.58. The van der Waals surface area contributed by atoms with Crippen molar-refractivity contribution in [2.75, 3.05) is 11.9 Å². The number of nitrogens with zero attached hydrogens (tertiary/aromatic N) is 1. The van der Waals surface area contributed by atoms with Crippen molar-refractivity contribution >= 4 is 44.9 Å². The van der Waals surface area contributed by atoms with Crippen LogP contribution in [-0.4, -0.2) is 23.8 Å². The fourth-order valence-corrected chi connectivity index (χ4v) is 3.26. The lowest BCUT2D eigenvalue weighted by Gasteiger charge is -2.21. The van der Waals surface area contributed by atoms with E-state index in [0.717, 1.165) is 4.47 Å². The van der Waals surface area contributed by atoms with Crippen LogP contribution in [-0.2, 0) is 10.4 Å². The highest BCUT2D eigenvalue weighted by Gasteiger charge is 2.49. The lowest BCUT2D eigenvalue weighted by molar-refractivity contribution is -0.135. The summed E-state index contributed by atoms with van der Waals surface area (Å²) < 4.78 is 0.733. The number of hydrogen-bond acceptors (Lipinski definition) is 3. The van der Waals surface area contributed by atoms with E-state index in [1.54, 1.807) is 49.5 Å². The molecule has 1 atom stereocenters. The summed E-state index contributed by atoms with van der Waals surface area (Å²) in [6.45, 7) is 0. The number of halogens is 2. The number of anilines is 1. The predicted molar refractivity (Wildman–Crippen MR) is 91.8 cm³/mol. The third-order valence-electron chi connectivity index (χ3n) is 4.01. The molecule has 1 heterocycles. The van der Waals surface area contributed by atoms with Crippen LogP contribution in [0.2, 0.25) is 5.02 Å². The normalized spacial score (nSPS) is 19.8. The van der Waals surface area contributed by atoms with Gasteiger partial charge in [0.1, 0.15) is 0 Å². The van der Waals surface area contributed by atoms with Gasteiger partial charge in [-0.25, -0.2) is 0 Å². The molecule has 118 valence electrons. The Balaban J connectivity index is 1.98. The van der Waals surface area contributed by atoms with Crippen molar-refractivity contribution in [2.24, 2.45) is 0 Å². The first-order valence-electron chi connectivity index (χ1n) is 6.92. The van der Waals surface area contributed by atoms with E-state index < -0.39 is 11.5 Å². The maximum Gasteiger partial charge on any atom is 0.263 e. The molecule has 0 saturated heterocycles. The molecule has 0 bridgehead atoms. The first-order chi connectivity index (χ1) is 10.8. The second-order valence-corrected chi connectivity index (χ2v) is 6.84. The van der Waals surface area contributed by atoms with Gasteiger partial charge in [0.15, 0.2) is 11.4 Å². The first-order valence-corrected chi connectivity index (χ1v) is 8.09. The molecule has 0 aromatic heterocycles. The molecule has 0 fully saturated rings. The van der Waals surface area contributed by atoms with Crippen LogP contribution in [0.15, 0.2) is 46.9 Å². The quantitative estimate of drug-likeness (QED) is 0.810. The molecule has 0 saturated carbocycles. The molecule has 1 amide bonds. The minimum Gasteiger partial charge on any atom is -0.375 e. The zero-order valence-corrected chi connectivity index (χ0v) is 14.6. The predicted octanol–water partition coefficient (Wildman–Crippen LogP) is 3.54. The Kier molecular flexibility index (Phi) is 4.04. The summed E-state index contributed by atoms with van der Waals surface area (Å²) in [5.41, 5.74) is -0.419. The molecule has 1 N–H and O–H groups in total. The highest BCUT2D eigenvalue weighted by molar-refractivity contribution is 9.10. The van der Waals surface area contributed by atoms with Gasteiger partial charge in [0, 0.05) is 27.7 Å². The first kappa shape index (κ1) is 16.2. The Hall–Kier alpha value is -1.69. The van der Waals surface area contributed by atoms with E-state index in [4.69, 9.17) is 11.6 Å². The van der Waals surface area contributed by atoms with Crippen molar-refractivity contribution in [3.05, 3.63) is 63.1 Å². The number of Topliss-reactive ketones (excluding diaryl/α,β-unsaturated/α-hetero) is 1. The Morgan fingerprint density at radius 2 is 1.91 bits per heavy atom. The zero-order valence-electron chi connectivity index (χ0n) is 12.2. The number of benzene rings is 2. The minimum atomic E-state index is -1.86. The summed E-state index contributed by atoms with van der Waals surface area (Å²) in [5.74, 6) is -0.827. The van der Waals surface area contributed by atoms with Gasteiger partial charge in [-0.1, -0.05) is 27.5 Å². The average molecular weight is 395 g/mol. The summed E-state index contributed by atoms with van der Waals surface area (Å²) in [6.07, 6.45) is -0.318. The van der Waals surface area contributed by atoms with E-state index in [9.17, 15) is 14.7 Å². The van der Waals surface area contributed by atoms with E-state index in [2.05, 4.69) is 15.9 Å². The van der Waals surface area contributed by atoms with Crippen molar-refractivity contribution in [3.63, 3.8) is 0 Å². The third kappa shape index (κ3) is 2.69. The van der Waals surface area contributed by atoms with Crippen molar-refractivity contribution in [3.8, 4) is 0 Å². The number of rotatable bonds is 3. The van der Waals surface area contributed by atoms with Crippen LogP contribution in [0.25, 0.3) is 0 Å². The van der Waals surface area contributed by atoms with Gasteiger partial charge in [0.25, 0.3) is 5.91 Å². The molecule has 6 heteroatoms. The van der Waals surface area contributed by atoms with Crippen molar-refractivity contribution in [1.29, 1.82) is 0 Å². The van der Waals surface area contributed by atoms with Crippen LogP contribution >= 0.6 is 27.5 Å². The monoisotopic (exact) mass is 393 g/mol. The second-order valence-electron chi connectivity index (χ2n) is 5.49. The van der Waals surface area contributed by atoms with E-state index in [1.807, 2.05) is 0 Å². The number of amides is 1. The third-order valence-corrected chi connectivity index (χ3v) is 4.75. The van der Waals surface area contributed by atoms with E-state index >= 15 is 0 Å². The Morgan fingerprint density at radius 1 is 1.26 bits per heavy atom. The topological polar surface area (TPSA) is 57.6 Å². The number of hydrogen-bond donors (Lipinski definition) is 1. The maximum atomic E-state index is 12.5. The molecule has 2 aromatic rings. The van der Waals surface area contributed by atoms with Crippen molar-refractivity contribution in [1.82, 2.24) is 0 Å². The van der Waals surface area contributed by atoms with E-state index in [0.29, 0.717) is 21.8 Å². The smallest absolute Gasteiger partial charge is 0.263 e. The lowest BCUT2D eigenvalue weighted by Crippen LogP contribution is -2.40. The molecule has 4 nitrogen and oxygen atoms in total. The molecule has 2 aromatic carbocycles. The van der Waals surface area contributed by atoms with Crippen molar-refractivity contribution in [2.45, 2.75) is 12.0 Å². The fraction of sp³-hybridized carbons (Fsp3) is 0.176. The van der Waals surface area contributed by atoms with Crippen molar-refractivity contribution < 1.29 is 14.7 Å². The van der Waals surface area contributed by atoms with Gasteiger partial charge in [-0.2, -0.15) is 0 Å². The van der Waals surface area contributed by atoms with Gasteiger partial charge in [-0.3, -0.25) is 9.59 Å². The molecule has 0 radical (unpaired) electrons. The summed E-state index contributed by atoms with van der Waals surface area (Å²) >= 11 is 9.15. The minimum absolute atomic E-state index is 0.318. The van der Waals surface area contributed by atoms with Crippen LogP contribution in [0.5, 0.6) is 0 Å². The molecule has 1 aliphatic rings. The summed E-state index contributed by atoms with van der Waals surface area (Å²) in [6, 6.07) is 11.6. The average Bonchev–Trinajstić information content (AvgIpc) is 2.70. The molecule has 3 rings (SSSR count). The van der Waals surface area contributed by atoms with Gasteiger partial charge >= 0.3 is 0 Å². The number of fused-ring (bicyclic) bond motifs is 1. The highest BCUT2D eigenvalue weighted by Crippen LogP contribution is 2.43. The molecule has 23 heavy (non-hydrogen) atoms. The van der Waals surface area contributed by atoms with Crippen LogP contribution in [0.4, 0.5) is 5.69 Å². The van der Waals surface area contributed by atoms with Gasteiger partial charge in [0.2, 0.25) is 0 Å². The number of aliphatic hydroxyl groups is 1. The molecular formula is C17H13BrClNO3. The summed E-state index contributed by atoms with van der Waals surface area (Å²) in [5, 5.41) is 11.5. The maximum absolute atomic E-state index is 12.5. The molecule has 1 aliphatic heterocycles. The fourth-order valence-electron chi connectivity index (χ4n) is 2.78. The van der Waals surface area contributed by atoms with Crippen LogP contribution in [0.3, 0.4) is 0 Å². The number of carbonyl (C=O) groups is 2. The Morgan fingerprint density at radius 3 is 2.57 bits per heavy atom. The van der Waals surface area contributed by atoms with Crippen LogP contribution in [0, 0.1) is 0 Å². The van der Waals surface area contributed by atoms with Crippen LogP contribution < -0.4 is 4.90 Å². The van der Waals surface area contributed by atoms with Gasteiger partial charge in [-0.15, -0.1) is 0 Å². The number of likely N-dealkylation sites (N-methyl/N-ethyl adjacent to an activating group) is 1. The Bertz CT molecular complexity index is 806. The van der Waals surface area contributed by atoms with Gasteiger partial charge in [-0.05, 0) is 42.5 Å². The molecule has 0 spiro atoms. The highest BCUT2D eigenvalue weighted by atomic mass is 79.9. The summed E-state index contributed by atoms with van der Waals surface area (Å²) in [4.78, 5) is 26.4. The largest absolute Gasteiger partial charge is 0.375 e. The standard InChI is InChI=1S/C17H13BrClNO3/c1-20-14-7-4-11(18)8-13(14)17(23,16(20)22)9-15(21)10-2-5-12(19)6-3-10/h2-8,23H,9H2,1H3/t17-/m0/s1. The molecule has 0 unspecified atom stereocenters. The SMILES string of the molecule is CN1C(=O)[C@](O)(CC(=O)c2ccc(Cl)cc2)c2cc(Br)ccc21. The van der Waals surface area contributed by atoms with Gasteiger partial charge < -0.3 is 10.0 Å². The number of carbonyl (C=O) groups excluding carboxylic acids is 2. The molecular weight excluding hydrogens is 382 g/mol. The molecule has 0 aliphatic carbocycles.